The van der Waals surface area contributed by atoms with Gasteiger partial charge < -0.3 is 28.4 Å². The van der Waals surface area contributed by atoms with Gasteiger partial charge in [0.05, 0.1) is 10.9 Å². The van der Waals surface area contributed by atoms with Crippen molar-refractivity contribution in [3.05, 3.63) is 127 Å². The summed E-state index contributed by atoms with van der Waals surface area (Å²) < 4.78 is 36.0. The van der Waals surface area contributed by atoms with E-state index in [9.17, 15) is 9.59 Å². The summed E-state index contributed by atoms with van der Waals surface area (Å²) in [6, 6.07) is 41.1. The van der Waals surface area contributed by atoms with Crippen LogP contribution in [0, 0.1) is 47.3 Å². The lowest BCUT2D eigenvalue weighted by Gasteiger charge is -2.58. The Bertz CT molecular complexity index is 2220. The van der Waals surface area contributed by atoms with Crippen LogP contribution in [0.25, 0.3) is 0 Å². The Morgan fingerprint density at radius 1 is 0.397 bits per heavy atom. The minimum atomic E-state index is -0.622. The highest BCUT2D eigenvalue weighted by Crippen LogP contribution is 2.61. The molecule has 0 saturated heterocycles. The molecule has 0 heterocycles. The van der Waals surface area contributed by atoms with E-state index in [1.807, 2.05) is 30.3 Å². The molecular weight excluding hydrogens is 809 g/mol. The number of hydrogen-bond donors (Lipinski definition) is 0. The van der Waals surface area contributed by atoms with E-state index in [1.54, 1.807) is 48.5 Å². The Kier molecular flexibility index (Phi) is 10.4. The second-order valence-electron chi connectivity index (χ2n) is 19.6. The maximum Gasteiger partial charge on any atom is 0.514 e. The molecule has 9 heteroatoms. The third-order valence-electron chi connectivity index (χ3n) is 15.7. The quantitative estimate of drug-likeness (QED) is 0.0737. The van der Waals surface area contributed by atoms with E-state index < -0.39 is 23.5 Å². The van der Waals surface area contributed by atoms with Crippen molar-refractivity contribution in [2.45, 2.75) is 104 Å². The topological polar surface area (TPSA) is 89.5 Å². The molecule has 0 aliphatic heterocycles. The van der Waals surface area contributed by atoms with Crippen LogP contribution in [-0.2, 0) is 20.4 Å². The molecule has 0 unspecified atom stereocenters. The van der Waals surface area contributed by atoms with Crippen molar-refractivity contribution in [2.24, 2.45) is 47.3 Å². The first-order valence-corrected chi connectivity index (χ1v) is 24.2. The molecule has 8 nitrogen and oxygen atoms in total. The fraction of sp³-hybridized carbons (Fsp3) is 0.407. The molecule has 8 fully saturated rings. The number of carbonyl (C=O) groups is 2. The molecule has 8 aliphatic rings. The predicted octanol–water partition coefficient (Wildman–Crippen LogP) is 13.8. The van der Waals surface area contributed by atoms with Gasteiger partial charge in [-0.15, -0.1) is 0 Å². The third kappa shape index (κ3) is 8.07. The molecule has 8 saturated carbocycles. The maximum atomic E-state index is 13.0. The highest BCUT2D eigenvalue weighted by atomic mass is 32.2. The van der Waals surface area contributed by atoms with Crippen molar-refractivity contribution in [1.82, 2.24) is 0 Å². The van der Waals surface area contributed by atoms with Crippen molar-refractivity contribution in [3.8, 4) is 34.5 Å². The SMILES string of the molecule is CC1(OC(=O)Oc2ccc(Oc3ccc([S+](c4ccccc4)c4ccc(Oc5ccc(OC(=O)OC6(C)C7CC8CC(C7)CC6C8)cc5)cc4)cc3)cc2)C2CC3CC(C2)CC1C3. The highest BCUT2D eigenvalue weighted by Gasteiger charge is 2.58. The normalized spacial score (nSPS) is 31.2. The van der Waals surface area contributed by atoms with Gasteiger partial charge in [-0.25, -0.2) is 9.59 Å². The summed E-state index contributed by atoms with van der Waals surface area (Å²) >= 11 is 0. The van der Waals surface area contributed by atoms with Crippen LogP contribution in [-0.4, -0.2) is 23.5 Å². The summed E-state index contributed by atoms with van der Waals surface area (Å²) in [4.78, 5) is 29.5. The molecule has 0 amide bonds. The minimum Gasteiger partial charge on any atom is -0.457 e. The van der Waals surface area contributed by atoms with Crippen LogP contribution in [0.4, 0.5) is 9.59 Å². The van der Waals surface area contributed by atoms with E-state index in [-0.39, 0.29) is 10.9 Å². The van der Waals surface area contributed by atoms with Gasteiger partial charge >= 0.3 is 12.3 Å². The summed E-state index contributed by atoms with van der Waals surface area (Å²) in [7, 11) is -0.389. The average Bonchev–Trinajstić information content (AvgIpc) is 3.27. The van der Waals surface area contributed by atoms with Gasteiger partial charge in [-0.05, 0) is 235 Å². The number of carbonyl (C=O) groups excluding carboxylic acids is 2. The van der Waals surface area contributed by atoms with Crippen LogP contribution in [0.3, 0.4) is 0 Å². The summed E-state index contributed by atoms with van der Waals surface area (Å²) in [5.74, 6) is 8.48. The van der Waals surface area contributed by atoms with Crippen molar-refractivity contribution in [2.75, 3.05) is 0 Å². The monoisotopic (exact) mass is 863 g/mol. The van der Waals surface area contributed by atoms with Crippen LogP contribution in [0.1, 0.15) is 78.1 Å². The van der Waals surface area contributed by atoms with E-state index in [2.05, 4.69) is 62.4 Å². The van der Waals surface area contributed by atoms with E-state index >= 15 is 0 Å². The second-order valence-corrected chi connectivity index (χ2v) is 21.6. The van der Waals surface area contributed by atoms with Crippen LogP contribution in [0.15, 0.2) is 142 Å². The van der Waals surface area contributed by atoms with Gasteiger partial charge in [0, 0.05) is 0 Å². The van der Waals surface area contributed by atoms with Crippen LogP contribution in [0.5, 0.6) is 34.5 Å². The van der Waals surface area contributed by atoms with Crippen molar-refractivity contribution in [1.29, 1.82) is 0 Å². The van der Waals surface area contributed by atoms with E-state index in [4.69, 9.17) is 28.4 Å². The van der Waals surface area contributed by atoms with Crippen LogP contribution in [0.2, 0.25) is 0 Å². The third-order valence-corrected chi connectivity index (χ3v) is 18.0. The highest BCUT2D eigenvalue weighted by molar-refractivity contribution is 7.97. The Morgan fingerprint density at radius 2 is 0.683 bits per heavy atom. The van der Waals surface area contributed by atoms with Gasteiger partial charge in [0.15, 0.2) is 14.7 Å². The minimum absolute atomic E-state index is 0.389. The van der Waals surface area contributed by atoms with Crippen LogP contribution >= 0.6 is 0 Å². The predicted molar refractivity (Wildman–Crippen MR) is 240 cm³/mol. The average molecular weight is 864 g/mol. The summed E-state index contributed by atoms with van der Waals surface area (Å²) in [6.45, 7) is 4.25. The number of benzene rings is 5. The zero-order valence-electron chi connectivity index (χ0n) is 36.0. The molecule has 0 radical (unpaired) electrons. The van der Waals surface area contributed by atoms with Gasteiger partial charge in [-0.3, -0.25) is 0 Å². The Morgan fingerprint density at radius 3 is 1.02 bits per heavy atom. The van der Waals surface area contributed by atoms with Gasteiger partial charge in [0.1, 0.15) is 45.7 Å². The molecule has 0 atom stereocenters. The zero-order valence-corrected chi connectivity index (χ0v) is 36.8. The lowest BCUT2D eigenvalue weighted by atomic mass is 9.50. The van der Waals surface area contributed by atoms with Gasteiger partial charge in [-0.2, -0.15) is 0 Å². The molecule has 13 rings (SSSR count). The molecule has 324 valence electrons. The Hall–Kier alpha value is -5.41. The smallest absolute Gasteiger partial charge is 0.457 e. The first-order chi connectivity index (χ1) is 30.6. The van der Waals surface area contributed by atoms with Crippen molar-refractivity contribution >= 4 is 23.2 Å². The summed E-state index contributed by atoms with van der Waals surface area (Å²) in [6.07, 6.45) is 10.8. The zero-order chi connectivity index (χ0) is 42.7. The number of ether oxygens (including phenoxy) is 6. The first-order valence-electron chi connectivity index (χ1n) is 23.0. The molecule has 0 spiro atoms. The Labute approximate surface area is 372 Å². The molecule has 0 aromatic heterocycles. The molecule has 63 heavy (non-hydrogen) atoms. The molecule has 8 bridgehead atoms. The maximum absolute atomic E-state index is 13.0. The number of rotatable bonds is 11. The van der Waals surface area contributed by atoms with Crippen LogP contribution < -0.4 is 18.9 Å². The lowest BCUT2D eigenvalue weighted by molar-refractivity contribution is -0.169. The molecular formula is C54H55O8S+. The molecule has 0 N–H and O–H groups in total. The number of hydrogen-bond acceptors (Lipinski definition) is 8. The largest absolute Gasteiger partial charge is 0.514 e. The molecule has 5 aromatic rings. The fourth-order valence-corrected chi connectivity index (χ4v) is 14.9. The van der Waals surface area contributed by atoms with Crippen molar-refractivity contribution < 1.29 is 38.0 Å². The van der Waals surface area contributed by atoms with E-state index in [0.717, 1.165) is 84.8 Å². The summed E-state index contributed by atoms with van der Waals surface area (Å²) in [5, 5.41) is 0. The fourth-order valence-electron chi connectivity index (χ4n) is 12.8. The second kappa shape index (κ2) is 16.3. The van der Waals surface area contributed by atoms with Gasteiger partial charge in [-0.1, -0.05) is 18.2 Å². The van der Waals surface area contributed by atoms with Gasteiger partial charge in [0.25, 0.3) is 0 Å². The standard InChI is InChI=1S/C54H55O8S/c1-53(38-26-34-24-35(28-38)29-39(53)27-34)61-51(55)59-46-12-8-42(9-13-46)57-44-16-20-49(21-17-44)63(48-6-4-3-5-7-48)50-22-18-45(19-23-50)58-43-10-14-47(15-11-43)60-52(56)62-54(2)40-30-36-25-37(32-40)33-41(54)31-36/h3-23,34-41H,24-33H2,1-2H3/q+1. The summed E-state index contributed by atoms with van der Waals surface area (Å²) in [5.41, 5.74) is -0.870. The van der Waals surface area contributed by atoms with Crippen molar-refractivity contribution in [3.63, 3.8) is 0 Å². The molecule has 5 aromatic carbocycles. The lowest BCUT2D eigenvalue weighted by Crippen LogP contribution is -2.58. The van der Waals surface area contributed by atoms with E-state index in [1.165, 1.54) is 17.7 Å². The first kappa shape index (κ1) is 40.4. The molecule has 8 aliphatic carbocycles. The Balaban J connectivity index is 0.701. The van der Waals surface area contributed by atoms with E-state index in [0.29, 0.717) is 58.2 Å². The van der Waals surface area contributed by atoms with Gasteiger partial charge in [0.2, 0.25) is 0 Å².